The van der Waals surface area contributed by atoms with E-state index >= 15 is 0 Å². The number of rotatable bonds is 4. The SMILES string of the molecule is CC1C=C(Nc2nnc(Sc3ccnc4cc(Cl)ccc34)s2)[C@@H]2C[C@H](C)CC[C@@H]12. The molecule has 2 aliphatic carbocycles. The molecule has 0 saturated heterocycles. The molecule has 150 valence electrons. The molecule has 1 N–H and O–H groups in total. The Morgan fingerprint density at radius 2 is 2.07 bits per heavy atom. The van der Waals surface area contributed by atoms with Gasteiger partial charge in [-0.05, 0) is 48.8 Å². The number of aromatic nitrogens is 3. The maximum absolute atomic E-state index is 6.10. The molecule has 5 rings (SSSR count). The van der Waals surface area contributed by atoms with Gasteiger partial charge in [-0.25, -0.2) is 0 Å². The summed E-state index contributed by atoms with van der Waals surface area (Å²) in [6.07, 6.45) is 8.21. The number of allylic oxidation sites excluding steroid dienone is 2. The van der Waals surface area contributed by atoms with Gasteiger partial charge >= 0.3 is 0 Å². The van der Waals surface area contributed by atoms with Gasteiger partial charge in [-0.15, -0.1) is 10.2 Å². The van der Waals surface area contributed by atoms with Gasteiger partial charge in [0.1, 0.15) is 0 Å². The van der Waals surface area contributed by atoms with Crippen LogP contribution in [-0.4, -0.2) is 15.2 Å². The first-order chi connectivity index (χ1) is 14.1. The summed E-state index contributed by atoms with van der Waals surface area (Å²) in [5, 5.41) is 15.1. The standard InChI is InChI=1S/C22H23ClN4S2/c1-12-3-5-15-13(2)10-19(17(15)9-12)25-21-26-27-22(29-21)28-20-7-8-24-18-11-14(23)4-6-16(18)20/h4,6-8,10-13,15,17H,3,5,9H2,1-2H3,(H,25,26)/t12-,13?,15+,17-/m1/s1. The van der Waals surface area contributed by atoms with E-state index < -0.39 is 0 Å². The number of benzene rings is 1. The van der Waals surface area contributed by atoms with Crippen LogP contribution < -0.4 is 5.32 Å². The summed E-state index contributed by atoms with van der Waals surface area (Å²) in [5.41, 5.74) is 2.25. The Morgan fingerprint density at radius 3 is 2.97 bits per heavy atom. The number of nitrogens with zero attached hydrogens (tertiary/aromatic N) is 3. The summed E-state index contributed by atoms with van der Waals surface area (Å²) in [6.45, 7) is 4.73. The van der Waals surface area contributed by atoms with Crippen LogP contribution in [0.5, 0.6) is 0 Å². The topological polar surface area (TPSA) is 50.7 Å². The van der Waals surface area contributed by atoms with Crippen LogP contribution in [0.25, 0.3) is 10.9 Å². The fourth-order valence-corrected chi connectivity index (χ4v) is 6.78. The van der Waals surface area contributed by atoms with Gasteiger partial charge < -0.3 is 5.32 Å². The quantitative estimate of drug-likeness (QED) is 0.476. The monoisotopic (exact) mass is 442 g/mol. The Kier molecular flexibility index (Phi) is 5.26. The third-order valence-electron chi connectivity index (χ3n) is 6.20. The van der Waals surface area contributed by atoms with Crippen molar-refractivity contribution in [3.63, 3.8) is 0 Å². The van der Waals surface area contributed by atoms with Crippen molar-refractivity contribution in [2.45, 2.75) is 42.3 Å². The van der Waals surface area contributed by atoms with Crippen molar-refractivity contribution in [1.29, 1.82) is 0 Å². The van der Waals surface area contributed by atoms with Crippen molar-refractivity contribution < 1.29 is 0 Å². The summed E-state index contributed by atoms with van der Waals surface area (Å²) in [7, 11) is 0. The summed E-state index contributed by atoms with van der Waals surface area (Å²) in [6, 6.07) is 7.83. The Hall–Kier alpha value is -1.63. The van der Waals surface area contributed by atoms with Gasteiger partial charge in [0.15, 0.2) is 4.34 Å². The van der Waals surface area contributed by atoms with E-state index in [2.05, 4.69) is 40.4 Å². The molecular weight excluding hydrogens is 420 g/mol. The molecule has 0 spiro atoms. The van der Waals surface area contributed by atoms with Crippen LogP contribution in [0.1, 0.15) is 33.1 Å². The van der Waals surface area contributed by atoms with E-state index in [9.17, 15) is 0 Å². The average Bonchev–Trinajstić information content (AvgIpc) is 3.26. The lowest BCUT2D eigenvalue weighted by molar-refractivity contribution is 0.203. The van der Waals surface area contributed by atoms with Gasteiger partial charge in [0.05, 0.1) is 5.52 Å². The van der Waals surface area contributed by atoms with Crippen molar-refractivity contribution in [3.05, 3.63) is 47.3 Å². The van der Waals surface area contributed by atoms with Crippen molar-refractivity contribution in [3.8, 4) is 0 Å². The molecule has 2 heterocycles. The maximum atomic E-state index is 6.10. The summed E-state index contributed by atoms with van der Waals surface area (Å²) in [5.74, 6) is 2.88. The van der Waals surface area contributed by atoms with Crippen molar-refractivity contribution in [1.82, 2.24) is 15.2 Å². The van der Waals surface area contributed by atoms with Gasteiger partial charge in [0, 0.05) is 33.1 Å². The molecule has 2 aliphatic rings. The lowest BCUT2D eigenvalue weighted by atomic mass is 9.73. The fourth-order valence-electron chi connectivity index (χ4n) is 4.76. The summed E-state index contributed by atoms with van der Waals surface area (Å²) in [4.78, 5) is 5.53. The van der Waals surface area contributed by atoms with E-state index in [1.165, 1.54) is 25.0 Å². The minimum Gasteiger partial charge on any atom is -0.334 e. The van der Waals surface area contributed by atoms with Crippen LogP contribution in [0.15, 0.2) is 51.5 Å². The first kappa shape index (κ1) is 19.3. The maximum Gasteiger partial charge on any atom is 0.210 e. The van der Waals surface area contributed by atoms with Crippen molar-refractivity contribution >= 4 is 50.7 Å². The van der Waals surface area contributed by atoms with E-state index in [0.29, 0.717) is 16.9 Å². The molecule has 7 heteroatoms. The van der Waals surface area contributed by atoms with Crippen molar-refractivity contribution in [2.24, 2.45) is 23.7 Å². The van der Waals surface area contributed by atoms with Crippen LogP contribution in [0.3, 0.4) is 0 Å². The zero-order chi connectivity index (χ0) is 20.0. The van der Waals surface area contributed by atoms with Gasteiger partial charge in [0.25, 0.3) is 0 Å². The number of halogens is 1. The van der Waals surface area contributed by atoms with E-state index in [4.69, 9.17) is 11.6 Å². The van der Waals surface area contributed by atoms with E-state index in [0.717, 1.165) is 37.1 Å². The highest BCUT2D eigenvalue weighted by Crippen LogP contribution is 2.47. The van der Waals surface area contributed by atoms with Crippen molar-refractivity contribution in [2.75, 3.05) is 5.32 Å². The molecule has 1 saturated carbocycles. The average molecular weight is 443 g/mol. The van der Waals surface area contributed by atoms with Crippen LogP contribution in [0, 0.1) is 23.7 Å². The van der Waals surface area contributed by atoms with Gasteiger partial charge in [-0.3, -0.25) is 4.98 Å². The highest BCUT2D eigenvalue weighted by molar-refractivity contribution is 8.01. The number of pyridine rings is 1. The Labute approximate surface area is 184 Å². The first-order valence-corrected chi connectivity index (χ1v) is 12.1. The Bertz CT molecular complexity index is 1080. The molecule has 0 amide bonds. The second-order valence-electron chi connectivity index (χ2n) is 8.24. The first-order valence-electron chi connectivity index (χ1n) is 10.1. The number of fused-ring (bicyclic) bond motifs is 2. The third-order valence-corrected chi connectivity index (χ3v) is 8.40. The number of nitrogens with one attached hydrogen (secondary N) is 1. The molecule has 2 aromatic heterocycles. The molecular formula is C22H23ClN4S2. The van der Waals surface area contributed by atoms with Crippen LogP contribution >= 0.6 is 34.7 Å². The highest BCUT2D eigenvalue weighted by Gasteiger charge is 2.38. The Balaban J connectivity index is 1.34. The molecule has 1 unspecified atom stereocenters. The predicted molar refractivity (Wildman–Crippen MR) is 122 cm³/mol. The molecule has 1 fully saturated rings. The van der Waals surface area contributed by atoms with Gasteiger partial charge in [-0.2, -0.15) is 0 Å². The lowest BCUT2D eigenvalue weighted by Crippen LogP contribution is -2.26. The van der Waals surface area contributed by atoms with Gasteiger partial charge in [0.2, 0.25) is 5.13 Å². The predicted octanol–water partition coefficient (Wildman–Crippen LogP) is 6.89. The van der Waals surface area contributed by atoms with E-state index in [-0.39, 0.29) is 0 Å². The van der Waals surface area contributed by atoms with E-state index in [1.807, 2.05) is 30.5 Å². The van der Waals surface area contributed by atoms with Gasteiger partial charge in [-0.1, -0.05) is 67.1 Å². The minimum atomic E-state index is 0.641. The molecule has 4 nitrogen and oxygen atoms in total. The van der Waals surface area contributed by atoms with Crippen LogP contribution in [-0.2, 0) is 0 Å². The summed E-state index contributed by atoms with van der Waals surface area (Å²) >= 11 is 9.34. The smallest absolute Gasteiger partial charge is 0.210 e. The summed E-state index contributed by atoms with van der Waals surface area (Å²) < 4.78 is 0.926. The normalized spacial score (nSPS) is 26.4. The lowest BCUT2D eigenvalue weighted by Gasteiger charge is -2.33. The Morgan fingerprint density at radius 1 is 1.17 bits per heavy atom. The minimum absolute atomic E-state index is 0.641. The molecule has 0 bridgehead atoms. The molecule has 0 aliphatic heterocycles. The molecule has 4 atom stereocenters. The molecule has 1 aromatic carbocycles. The number of hydrogen-bond acceptors (Lipinski definition) is 6. The van der Waals surface area contributed by atoms with E-state index in [1.54, 1.807) is 23.1 Å². The second kappa shape index (κ2) is 7.89. The second-order valence-corrected chi connectivity index (χ2v) is 10.9. The number of hydrogen-bond donors (Lipinski definition) is 1. The third kappa shape index (κ3) is 3.90. The fraction of sp³-hybridized carbons (Fsp3) is 0.409. The number of anilines is 1. The molecule has 0 radical (unpaired) electrons. The molecule has 3 aromatic rings. The zero-order valence-corrected chi connectivity index (χ0v) is 18.8. The molecule has 29 heavy (non-hydrogen) atoms. The highest BCUT2D eigenvalue weighted by atomic mass is 35.5. The zero-order valence-electron chi connectivity index (χ0n) is 16.4. The largest absolute Gasteiger partial charge is 0.334 e. The van der Waals surface area contributed by atoms with Crippen LogP contribution in [0.4, 0.5) is 5.13 Å². The van der Waals surface area contributed by atoms with Crippen LogP contribution in [0.2, 0.25) is 5.02 Å².